The molecule has 3 aromatic rings. The van der Waals surface area contributed by atoms with Crippen LogP contribution in [0.5, 0.6) is 5.75 Å². The number of aromatic nitrogens is 3. The Balaban J connectivity index is 1.68. The van der Waals surface area contributed by atoms with Crippen LogP contribution in [-0.2, 0) is 0 Å². The molecule has 0 saturated carbocycles. The van der Waals surface area contributed by atoms with E-state index in [1.54, 1.807) is 54.7 Å². The highest BCUT2D eigenvalue weighted by Crippen LogP contribution is 2.18. The first kappa shape index (κ1) is 14.9. The summed E-state index contributed by atoms with van der Waals surface area (Å²) in [6.07, 6.45) is 4.61. The van der Waals surface area contributed by atoms with Gasteiger partial charge in [0.15, 0.2) is 0 Å². The molecule has 7 heteroatoms. The van der Waals surface area contributed by atoms with E-state index < -0.39 is 5.97 Å². The molecule has 0 fully saturated rings. The molecule has 0 unspecified atom stereocenters. The van der Waals surface area contributed by atoms with E-state index in [1.807, 2.05) is 0 Å². The fourth-order valence-corrected chi connectivity index (χ4v) is 2.01. The van der Waals surface area contributed by atoms with E-state index in [4.69, 9.17) is 16.3 Å². The summed E-state index contributed by atoms with van der Waals surface area (Å²) in [5.74, 6) is -0.0714. The van der Waals surface area contributed by atoms with Gasteiger partial charge in [0.05, 0.1) is 16.8 Å². The molecule has 0 aliphatic rings. The fourth-order valence-electron chi connectivity index (χ4n) is 1.80. The van der Waals surface area contributed by atoms with Crippen LogP contribution >= 0.6 is 11.6 Å². The van der Waals surface area contributed by atoms with Crippen molar-refractivity contribution in [2.45, 2.75) is 0 Å². The van der Waals surface area contributed by atoms with Gasteiger partial charge in [-0.05, 0) is 42.0 Å². The average Bonchev–Trinajstić information content (AvgIpc) is 3.08. The Hall–Kier alpha value is -2.99. The standard InChI is InChI=1S/C16H11ClN4O2/c17-15-4-2-1-3-14(15)16(22)23-13-7-5-12(6-8-13)9-20-21-10-18-19-11-21/h1-11H/b20-9+. The summed E-state index contributed by atoms with van der Waals surface area (Å²) in [5.41, 5.74) is 1.17. The van der Waals surface area contributed by atoms with E-state index in [-0.39, 0.29) is 0 Å². The van der Waals surface area contributed by atoms with Gasteiger partial charge in [-0.25, -0.2) is 9.47 Å². The fraction of sp³-hybridized carbons (Fsp3) is 0. The SMILES string of the molecule is O=C(Oc1ccc(/C=N/n2cnnc2)cc1)c1ccccc1Cl. The lowest BCUT2D eigenvalue weighted by molar-refractivity contribution is 0.0735. The van der Waals surface area contributed by atoms with Crippen LogP contribution in [-0.4, -0.2) is 27.1 Å². The molecule has 0 atom stereocenters. The number of carbonyl (C=O) groups excluding carboxylic acids is 1. The molecular formula is C16H11ClN4O2. The van der Waals surface area contributed by atoms with E-state index in [0.29, 0.717) is 16.3 Å². The number of benzene rings is 2. The Labute approximate surface area is 137 Å². The van der Waals surface area contributed by atoms with Gasteiger partial charge in [0, 0.05) is 0 Å². The third-order valence-electron chi connectivity index (χ3n) is 2.93. The van der Waals surface area contributed by atoms with E-state index in [1.165, 1.54) is 17.3 Å². The maximum Gasteiger partial charge on any atom is 0.345 e. The van der Waals surface area contributed by atoms with Crippen LogP contribution in [0, 0.1) is 0 Å². The van der Waals surface area contributed by atoms with Crippen LogP contribution in [0.3, 0.4) is 0 Å². The van der Waals surface area contributed by atoms with Crippen LogP contribution < -0.4 is 4.74 Å². The quantitative estimate of drug-likeness (QED) is 0.420. The van der Waals surface area contributed by atoms with Gasteiger partial charge in [-0.2, -0.15) is 5.10 Å². The van der Waals surface area contributed by atoms with Gasteiger partial charge in [0.1, 0.15) is 18.4 Å². The molecule has 0 aliphatic heterocycles. The highest BCUT2D eigenvalue weighted by atomic mass is 35.5. The minimum Gasteiger partial charge on any atom is -0.423 e. The zero-order chi connectivity index (χ0) is 16.1. The third-order valence-corrected chi connectivity index (χ3v) is 3.26. The Morgan fingerprint density at radius 2 is 1.78 bits per heavy atom. The van der Waals surface area contributed by atoms with Crippen LogP contribution in [0.25, 0.3) is 0 Å². The summed E-state index contributed by atoms with van der Waals surface area (Å²) in [6.45, 7) is 0. The number of esters is 1. The number of nitrogens with zero attached hydrogens (tertiary/aromatic N) is 4. The topological polar surface area (TPSA) is 69.4 Å². The summed E-state index contributed by atoms with van der Waals surface area (Å²) in [4.78, 5) is 12.1. The van der Waals surface area contributed by atoms with Crippen molar-refractivity contribution in [2.24, 2.45) is 5.10 Å². The van der Waals surface area contributed by atoms with E-state index in [2.05, 4.69) is 15.3 Å². The molecule has 0 radical (unpaired) electrons. The number of hydrogen-bond donors (Lipinski definition) is 0. The lowest BCUT2D eigenvalue weighted by atomic mass is 10.2. The van der Waals surface area contributed by atoms with Crippen molar-refractivity contribution in [3.05, 3.63) is 77.3 Å². The minimum atomic E-state index is -0.499. The second-order valence-electron chi connectivity index (χ2n) is 4.52. The van der Waals surface area contributed by atoms with Gasteiger partial charge in [-0.3, -0.25) is 0 Å². The molecule has 0 aliphatic carbocycles. The Morgan fingerprint density at radius 1 is 1.09 bits per heavy atom. The molecule has 0 saturated heterocycles. The van der Waals surface area contributed by atoms with Crippen molar-refractivity contribution in [3.63, 3.8) is 0 Å². The Morgan fingerprint density at radius 3 is 2.48 bits per heavy atom. The molecule has 1 heterocycles. The molecule has 114 valence electrons. The van der Waals surface area contributed by atoms with Gasteiger partial charge in [0.25, 0.3) is 0 Å². The molecule has 2 aromatic carbocycles. The molecule has 0 bridgehead atoms. The van der Waals surface area contributed by atoms with Crippen molar-refractivity contribution >= 4 is 23.8 Å². The second-order valence-corrected chi connectivity index (χ2v) is 4.93. The maximum absolute atomic E-state index is 12.1. The summed E-state index contributed by atoms with van der Waals surface area (Å²) in [5, 5.41) is 11.8. The molecule has 23 heavy (non-hydrogen) atoms. The number of rotatable bonds is 4. The normalized spacial score (nSPS) is 10.8. The number of hydrogen-bond acceptors (Lipinski definition) is 5. The Bertz CT molecular complexity index is 830. The van der Waals surface area contributed by atoms with Gasteiger partial charge >= 0.3 is 5.97 Å². The minimum absolute atomic E-state index is 0.326. The van der Waals surface area contributed by atoms with Crippen LogP contribution in [0.1, 0.15) is 15.9 Å². The summed E-state index contributed by atoms with van der Waals surface area (Å²) in [6, 6.07) is 13.7. The van der Waals surface area contributed by atoms with Gasteiger partial charge in [0.2, 0.25) is 0 Å². The first-order chi connectivity index (χ1) is 11.2. The number of carbonyl (C=O) groups is 1. The van der Waals surface area contributed by atoms with E-state index >= 15 is 0 Å². The average molecular weight is 327 g/mol. The van der Waals surface area contributed by atoms with Crippen molar-refractivity contribution in [1.82, 2.24) is 14.9 Å². The van der Waals surface area contributed by atoms with Crippen molar-refractivity contribution in [2.75, 3.05) is 0 Å². The zero-order valence-corrected chi connectivity index (χ0v) is 12.6. The lowest BCUT2D eigenvalue weighted by Crippen LogP contribution is -2.08. The maximum atomic E-state index is 12.1. The Kier molecular flexibility index (Phi) is 4.44. The zero-order valence-electron chi connectivity index (χ0n) is 11.8. The molecule has 3 rings (SSSR count). The van der Waals surface area contributed by atoms with Crippen LogP contribution in [0.4, 0.5) is 0 Å². The van der Waals surface area contributed by atoms with Crippen LogP contribution in [0.15, 0.2) is 66.3 Å². The highest BCUT2D eigenvalue weighted by Gasteiger charge is 2.11. The van der Waals surface area contributed by atoms with Crippen molar-refractivity contribution in [1.29, 1.82) is 0 Å². The van der Waals surface area contributed by atoms with E-state index in [9.17, 15) is 4.79 Å². The molecule has 1 aromatic heterocycles. The van der Waals surface area contributed by atoms with Gasteiger partial charge in [-0.1, -0.05) is 23.7 Å². The lowest BCUT2D eigenvalue weighted by Gasteiger charge is -2.05. The highest BCUT2D eigenvalue weighted by molar-refractivity contribution is 6.33. The molecule has 0 spiro atoms. The number of ether oxygens (including phenoxy) is 1. The smallest absolute Gasteiger partial charge is 0.345 e. The van der Waals surface area contributed by atoms with E-state index in [0.717, 1.165) is 5.56 Å². The predicted molar refractivity (Wildman–Crippen MR) is 85.9 cm³/mol. The molecule has 6 nitrogen and oxygen atoms in total. The molecule has 0 amide bonds. The van der Waals surface area contributed by atoms with Gasteiger partial charge < -0.3 is 4.74 Å². The number of halogens is 1. The van der Waals surface area contributed by atoms with Crippen molar-refractivity contribution in [3.8, 4) is 5.75 Å². The first-order valence-corrected chi connectivity index (χ1v) is 7.06. The molecular weight excluding hydrogens is 316 g/mol. The second kappa shape index (κ2) is 6.85. The summed E-state index contributed by atoms with van der Waals surface area (Å²) < 4.78 is 6.77. The monoisotopic (exact) mass is 326 g/mol. The van der Waals surface area contributed by atoms with Crippen molar-refractivity contribution < 1.29 is 9.53 Å². The third kappa shape index (κ3) is 3.81. The largest absolute Gasteiger partial charge is 0.423 e. The summed E-state index contributed by atoms with van der Waals surface area (Å²) >= 11 is 5.97. The summed E-state index contributed by atoms with van der Waals surface area (Å²) in [7, 11) is 0. The predicted octanol–water partition coefficient (Wildman–Crippen LogP) is 3.03. The first-order valence-electron chi connectivity index (χ1n) is 6.68. The van der Waals surface area contributed by atoms with Crippen LogP contribution in [0.2, 0.25) is 5.02 Å². The molecule has 0 N–H and O–H groups in total. The van der Waals surface area contributed by atoms with Gasteiger partial charge in [-0.15, -0.1) is 10.2 Å².